The molecule has 21 heavy (non-hydrogen) atoms. The molecule has 1 atom stereocenters. The van der Waals surface area contributed by atoms with Gasteiger partial charge in [0.25, 0.3) is 0 Å². The molecule has 1 unspecified atom stereocenters. The maximum absolute atomic E-state index is 12.5. The number of rotatable bonds is 3. The molecule has 2 fully saturated rings. The van der Waals surface area contributed by atoms with Crippen molar-refractivity contribution in [3.8, 4) is 0 Å². The van der Waals surface area contributed by atoms with Crippen LogP contribution in [0.1, 0.15) is 12.8 Å². The highest BCUT2D eigenvalue weighted by atomic mass is 35.5. The summed E-state index contributed by atoms with van der Waals surface area (Å²) in [5.74, 6) is -0.420. The van der Waals surface area contributed by atoms with E-state index >= 15 is 0 Å². The van der Waals surface area contributed by atoms with Crippen molar-refractivity contribution in [1.29, 1.82) is 0 Å². The molecule has 2 aliphatic rings. The molecule has 1 aliphatic heterocycles. The number of carbonyl (C=O) groups is 1. The number of hydrogen-bond acceptors (Lipinski definition) is 4. The van der Waals surface area contributed by atoms with Crippen LogP contribution in [0.25, 0.3) is 0 Å². The van der Waals surface area contributed by atoms with E-state index in [1.807, 2.05) is 0 Å². The number of benzene rings is 1. The predicted molar refractivity (Wildman–Crippen MR) is 77.4 cm³/mol. The predicted octanol–water partition coefficient (Wildman–Crippen LogP) is 1.91. The zero-order valence-corrected chi connectivity index (χ0v) is 13.2. The van der Waals surface area contributed by atoms with Crippen LogP contribution in [0, 0.1) is 11.3 Å². The summed E-state index contributed by atoms with van der Waals surface area (Å²) >= 11 is 5.97. The van der Waals surface area contributed by atoms with Gasteiger partial charge < -0.3 is 4.74 Å². The minimum atomic E-state index is -3.59. The summed E-state index contributed by atoms with van der Waals surface area (Å²) in [6.07, 6.45) is 1.63. The topological polar surface area (TPSA) is 63.7 Å². The Morgan fingerprint density at radius 2 is 2.05 bits per heavy atom. The van der Waals surface area contributed by atoms with Gasteiger partial charge in [0.15, 0.2) is 0 Å². The molecule has 1 saturated carbocycles. The first-order valence-electron chi connectivity index (χ1n) is 6.73. The normalized spacial score (nSPS) is 24.2. The lowest BCUT2D eigenvalue weighted by molar-refractivity contribution is -0.167. The maximum Gasteiger partial charge on any atom is 0.309 e. The summed E-state index contributed by atoms with van der Waals surface area (Å²) < 4.78 is 31.2. The Balaban J connectivity index is 1.77. The summed E-state index contributed by atoms with van der Waals surface area (Å²) in [7, 11) is -2.22. The molecular formula is C14H16ClNO4S. The third kappa shape index (κ3) is 2.17. The zero-order chi connectivity index (χ0) is 15.3. The smallest absolute Gasteiger partial charge is 0.309 e. The number of esters is 1. The van der Waals surface area contributed by atoms with Crippen molar-refractivity contribution >= 4 is 27.6 Å². The molecule has 1 saturated heterocycles. The van der Waals surface area contributed by atoms with Gasteiger partial charge >= 0.3 is 5.97 Å². The van der Waals surface area contributed by atoms with E-state index in [4.69, 9.17) is 16.3 Å². The standard InChI is InChI=1S/C14H16ClNO4S/c1-20-13(17)10-6-7-14(10)8-16(9-14)21(18,19)12-5-3-2-4-11(12)15/h2-5,10H,6-9H2,1H3. The van der Waals surface area contributed by atoms with Crippen LogP contribution in [0.15, 0.2) is 29.2 Å². The first kappa shape index (κ1) is 14.8. The SMILES string of the molecule is COC(=O)C1CCC12CN(S(=O)(=O)c1ccccc1Cl)C2. The fraction of sp³-hybridized carbons (Fsp3) is 0.500. The van der Waals surface area contributed by atoms with Crippen LogP contribution in [-0.2, 0) is 19.6 Å². The van der Waals surface area contributed by atoms with Crippen LogP contribution in [0.2, 0.25) is 5.02 Å². The average Bonchev–Trinajstić information content (AvgIpc) is 2.35. The van der Waals surface area contributed by atoms with Crippen LogP contribution in [0.3, 0.4) is 0 Å². The summed E-state index contributed by atoms with van der Waals surface area (Å²) in [5.41, 5.74) is -0.235. The molecule has 1 heterocycles. The Morgan fingerprint density at radius 3 is 2.57 bits per heavy atom. The Morgan fingerprint density at radius 1 is 1.38 bits per heavy atom. The molecule has 0 bridgehead atoms. The van der Waals surface area contributed by atoms with E-state index < -0.39 is 10.0 Å². The first-order valence-corrected chi connectivity index (χ1v) is 8.55. The lowest BCUT2D eigenvalue weighted by Gasteiger charge is -2.58. The molecule has 0 aromatic heterocycles. The second kappa shape index (κ2) is 4.97. The maximum atomic E-state index is 12.5. The summed E-state index contributed by atoms with van der Waals surface area (Å²) in [5, 5.41) is 0.219. The highest BCUT2D eigenvalue weighted by Gasteiger charge is 2.60. The van der Waals surface area contributed by atoms with Crippen molar-refractivity contribution in [1.82, 2.24) is 4.31 Å². The van der Waals surface area contributed by atoms with Crippen molar-refractivity contribution < 1.29 is 17.9 Å². The van der Waals surface area contributed by atoms with Gasteiger partial charge in [-0.15, -0.1) is 0 Å². The van der Waals surface area contributed by atoms with E-state index in [1.54, 1.807) is 18.2 Å². The Bertz CT molecular complexity index is 682. The second-order valence-corrected chi connectivity index (χ2v) is 7.99. The molecule has 1 aromatic rings. The van der Waals surface area contributed by atoms with Crippen LogP contribution < -0.4 is 0 Å². The fourth-order valence-corrected chi connectivity index (χ4v) is 5.33. The number of sulfonamides is 1. The van der Waals surface area contributed by atoms with Crippen molar-refractivity contribution in [3.63, 3.8) is 0 Å². The molecular weight excluding hydrogens is 314 g/mol. The van der Waals surface area contributed by atoms with Crippen molar-refractivity contribution in [3.05, 3.63) is 29.3 Å². The van der Waals surface area contributed by atoms with Gasteiger partial charge in [0.05, 0.1) is 18.1 Å². The summed E-state index contributed by atoms with van der Waals surface area (Å²) in [4.78, 5) is 11.8. The average molecular weight is 330 g/mol. The van der Waals surface area contributed by atoms with E-state index in [1.165, 1.54) is 17.5 Å². The van der Waals surface area contributed by atoms with E-state index in [0.29, 0.717) is 13.1 Å². The van der Waals surface area contributed by atoms with Gasteiger partial charge in [-0.1, -0.05) is 23.7 Å². The number of halogens is 1. The molecule has 1 aliphatic carbocycles. The molecule has 0 amide bonds. The quantitative estimate of drug-likeness (QED) is 0.795. The molecule has 3 rings (SSSR count). The third-order valence-electron chi connectivity index (χ3n) is 4.59. The van der Waals surface area contributed by atoms with Gasteiger partial charge in [-0.05, 0) is 25.0 Å². The Kier molecular flexibility index (Phi) is 3.50. The highest BCUT2D eigenvalue weighted by Crippen LogP contribution is 2.54. The number of nitrogens with zero attached hydrogens (tertiary/aromatic N) is 1. The Labute approximate surface area is 128 Å². The third-order valence-corrected chi connectivity index (χ3v) is 6.88. The van der Waals surface area contributed by atoms with Gasteiger partial charge in [0, 0.05) is 18.5 Å². The van der Waals surface area contributed by atoms with Crippen LogP contribution in [0.5, 0.6) is 0 Å². The monoisotopic (exact) mass is 329 g/mol. The molecule has 1 aromatic carbocycles. The molecule has 7 heteroatoms. The molecule has 1 spiro atoms. The first-order chi connectivity index (χ1) is 9.90. The van der Waals surface area contributed by atoms with E-state index in [0.717, 1.165) is 12.8 Å². The Hall–Kier alpha value is -1.11. The largest absolute Gasteiger partial charge is 0.469 e. The highest BCUT2D eigenvalue weighted by molar-refractivity contribution is 7.89. The summed E-state index contributed by atoms with van der Waals surface area (Å²) in [6, 6.07) is 6.40. The van der Waals surface area contributed by atoms with Crippen LogP contribution >= 0.6 is 11.6 Å². The van der Waals surface area contributed by atoms with Gasteiger partial charge in [-0.25, -0.2) is 8.42 Å². The molecule has 0 radical (unpaired) electrons. The van der Waals surface area contributed by atoms with Gasteiger partial charge in [0.2, 0.25) is 10.0 Å². The molecule has 114 valence electrons. The minimum absolute atomic E-state index is 0.121. The molecule has 5 nitrogen and oxygen atoms in total. The van der Waals surface area contributed by atoms with E-state index in [9.17, 15) is 13.2 Å². The minimum Gasteiger partial charge on any atom is -0.469 e. The van der Waals surface area contributed by atoms with Crippen molar-refractivity contribution in [2.45, 2.75) is 17.7 Å². The van der Waals surface area contributed by atoms with E-state index in [2.05, 4.69) is 0 Å². The van der Waals surface area contributed by atoms with Crippen LogP contribution in [-0.4, -0.2) is 38.9 Å². The van der Waals surface area contributed by atoms with E-state index in [-0.39, 0.29) is 27.2 Å². The fourth-order valence-electron chi connectivity index (χ4n) is 3.20. The van der Waals surface area contributed by atoms with Gasteiger partial charge in [0.1, 0.15) is 4.90 Å². The number of ether oxygens (including phenoxy) is 1. The van der Waals surface area contributed by atoms with Crippen molar-refractivity contribution in [2.24, 2.45) is 11.3 Å². The lowest BCUT2D eigenvalue weighted by Crippen LogP contribution is -2.67. The summed E-state index contributed by atoms with van der Waals surface area (Å²) in [6.45, 7) is 0.723. The van der Waals surface area contributed by atoms with Gasteiger partial charge in [-0.2, -0.15) is 4.31 Å². The number of hydrogen-bond donors (Lipinski definition) is 0. The van der Waals surface area contributed by atoms with Crippen LogP contribution in [0.4, 0.5) is 0 Å². The number of methoxy groups -OCH3 is 1. The van der Waals surface area contributed by atoms with Gasteiger partial charge in [-0.3, -0.25) is 4.79 Å². The van der Waals surface area contributed by atoms with Crippen molar-refractivity contribution in [2.75, 3.05) is 20.2 Å². The zero-order valence-electron chi connectivity index (χ0n) is 11.6. The molecule has 0 N–H and O–H groups in total. The number of carbonyl (C=O) groups excluding carboxylic acids is 1. The second-order valence-electron chi connectivity index (χ2n) is 5.68. The lowest BCUT2D eigenvalue weighted by atomic mass is 9.56.